The maximum atomic E-state index is 12.2. The van der Waals surface area contributed by atoms with E-state index in [1.807, 2.05) is 70.5 Å². The number of rotatable bonds is 4. The number of aliphatic carboxylic acids is 4. The van der Waals surface area contributed by atoms with Gasteiger partial charge in [-0.1, -0.05) is 74.5 Å². The predicted octanol–water partition coefficient (Wildman–Crippen LogP) is 2.33. The Balaban J connectivity index is 0.000000206. The Bertz CT molecular complexity index is 1340. The monoisotopic (exact) mass is 700 g/mol. The molecule has 16 heteroatoms. The maximum absolute atomic E-state index is 12.2. The number of hydrogen-bond acceptors (Lipinski definition) is 10. The quantitative estimate of drug-likeness (QED) is 0.252. The van der Waals surface area contributed by atoms with Gasteiger partial charge in [-0.3, -0.25) is 0 Å². The number of likely N-dealkylation sites (tertiary alicyclic amines) is 2. The standard InChI is InChI=1S/2C15H20N2O2.2C2H2O4/c2*1-12-9-17(15(12)7-8-16-11-15)14(18)19-10-13-5-3-2-4-6-13;2*3-1(4)2(5)6/h2*2-6,12,16H,7-11H2,1H3;2*(H,3,4)(H,5,6)/t2*12-,15-;;/m00../s1. The third-order valence-corrected chi connectivity index (χ3v) is 9.37. The first-order valence-corrected chi connectivity index (χ1v) is 16.0. The molecule has 0 aliphatic carbocycles. The first-order valence-electron chi connectivity index (χ1n) is 16.0. The van der Waals surface area contributed by atoms with E-state index in [9.17, 15) is 9.59 Å². The molecule has 0 aromatic heterocycles. The third-order valence-electron chi connectivity index (χ3n) is 9.37. The van der Waals surface area contributed by atoms with Crippen LogP contribution in [0.3, 0.4) is 0 Å². The topological polar surface area (TPSA) is 232 Å². The summed E-state index contributed by atoms with van der Waals surface area (Å²) in [7, 11) is 0. The fourth-order valence-electron chi connectivity index (χ4n) is 6.36. The summed E-state index contributed by atoms with van der Waals surface area (Å²) in [5, 5.41) is 36.3. The summed E-state index contributed by atoms with van der Waals surface area (Å²) in [6, 6.07) is 19.6. The van der Waals surface area contributed by atoms with E-state index >= 15 is 0 Å². The first kappa shape index (κ1) is 39.2. The highest BCUT2D eigenvalue weighted by Crippen LogP contribution is 2.42. The van der Waals surface area contributed by atoms with Gasteiger partial charge in [-0.25, -0.2) is 28.8 Å². The highest BCUT2D eigenvalue weighted by atomic mass is 16.6. The highest BCUT2D eigenvalue weighted by molar-refractivity contribution is 6.27. The number of ether oxygens (including phenoxy) is 2. The summed E-state index contributed by atoms with van der Waals surface area (Å²) in [6.45, 7) is 10.6. The van der Waals surface area contributed by atoms with Gasteiger partial charge in [-0.05, 0) is 48.9 Å². The summed E-state index contributed by atoms with van der Waals surface area (Å²) in [4.78, 5) is 64.6. The van der Waals surface area contributed by atoms with Crippen LogP contribution in [-0.4, -0.2) is 117 Å². The Kier molecular flexibility index (Phi) is 14.1. The van der Waals surface area contributed by atoms with Gasteiger partial charge in [0.25, 0.3) is 0 Å². The van der Waals surface area contributed by atoms with E-state index in [0.717, 1.165) is 63.2 Å². The number of amides is 2. The smallest absolute Gasteiger partial charge is 0.414 e. The second-order valence-electron chi connectivity index (χ2n) is 12.4. The first-order chi connectivity index (χ1) is 23.7. The second kappa shape index (κ2) is 18.0. The van der Waals surface area contributed by atoms with Crippen molar-refractivity contribution >= 4 is 36.1 Å². The zero-order chi connectivity index (χ0) is 36.9. The summed E-state index contributed by atoms with van der Waals surface area (Å²) in [5.41, 5.74) is 2.08. The van der Waals surface area contributed by atoms with E-state index in [1.165, 1.54) is 0 Å². The zero-order valence-corrected chi connectivity index (χ0v) is 27.9. The van der Waals surface area contributed by atoms with Gasteiger partial charge >= 0.3 is 36.1 Å². The van der Waals surface area contributed by atoms with Crippen LogP contribution in [0.2, 0.25) is 0 Å². The molecule has 2 aromatic rings. The normalized spacial score (nSPS) is 24.0. The van der Waals surface area contributed by atoms with Crippen LogP contribution in [0.15, 0.2) is 60.7 Å². The van der Waals surface area contributed by atoms with E-state index in [0.29, 0.717) is 25.0 Å². The highest BCUT2D eigenvalue weighted by Gasteiger charge is 2.56. The molecule has 4 saturated heterocycles. The number of carboxylic acids is 4. The molecule has 0 radical (unpaired) electrons. The largest absolute Gasteiger partial charge is 0.473 e. The molecule has 0 unspecified atom stereocenters. The molecule has 16 nitrogen and oxygen atoms in total. The van der Waals surface area contributed by atoms with Gasteiger partial charge in [0.05, 0.1) is 11.1 Å². The van der Waals surface area contributed by atoms with Crippen LogP contribution < -0.4 is 10.6 Å². The fourth-order valence-corrected chi connectivity index (χ4v) is 6.36. The van der Waals surface area contributed by atoms with E-state index in [2.05, 4.69) is 24.5 Å². The van der Waals surface area contributed by atoms with Crippen molar-refractivity contribution in [2.75, 3.05) is 39.3 Å². The molecule has 6 rings (SSSR count). The summed E-state index contributed by atoms with van der Waals surface area (Å²) in [6.07, 6.45) is 1.72. The van der Waals surface area contributed by atoms with Gasteiger partial charge in [-0.2, -0.15) is 0 Å². The van der Waals surface area contributed by atoms with E-state index < -0.39 is 23.9 Å². The van der Waals surface area contributed by atoms with Crippen molar-refractivity contribution in [3.05, 3.63) is 71.8 Å². The van der Waals surface area contributed by atoms with Crippen molar-refractivity contribution in [3.8, 4) is 0 Å². The SMILES string of the molecule is C[C@H]1CN(C(=O)OCc2ccccc2)[C@]12CCNC2.C[C@H]1CN(C(=O)OCc2ccccc2)[C@]12CCNC2.O=C(O)C(=O)O.O=C(O)C(=O)O. The van der Waals surface area contributed by atoms with Gasteiger partial charge in [0, 0.05) is 26.2 Å². The van der Waals surface area contributed by atoms with Crippen molar-refractivity contribution in [1.82, 2.24) is 20.4 Å². The third kappa shape index (κ3) is 9.92. The molecule has 2 spiro atoms. The molecule has 0 bridgehead atoms. The lowest BCUT2D eigenvalue weighted by Gasteiger charge is -2.54. The van der Waals surface area contributed by atoms with Crippen LogP contribution in [0.1, 0.15) is 37.8 Å². The van der Waals surface area contributed by atoms with Gasteiger partial charge < -0.3 is 50.3 Å². The Hall–Kier alpha value is -5.22. The van der Waals surface area contributed by atoms with Crippen molar-refractivity contribution in [3.63, 3.8) is 0 Å². The van der Waals surface area contributed by atoms with Crippen LogP contribution in [0, 0.1) is 11.8 Å². The molecule has 4 aliphatic rings. The van der Waals surface area contributed by atoms with E-state index in [1.54, 1.807) is 0 Å². The fraction of sp³-hybridized carbons (Fsp3) is 0.471. The Labute approximate surface area is 289 Å². The molecule has 6 N–H and O–H groups in total. The predicted molar refractivity (Wildman–Crippen MR) is 176 cm³/mol. The minimum atomic E-state index is -1.82. The molecule has 2 aromatic carbocycles. The maximum Gasteiger partial charge on any atom is 0.414 e. The lowest BCUT2D eigenvalue weighted by molar-refractivity contribution is -0.159. The van der Waals surface area contributed by atoms with Crippen molar-refractivity contribution in [1.29, 1.82) is 0 Å². The zero-order valence-electron chi connectivity index (χ0n) is 27.9. The lowest BCUT2D eigenvalue weighted by Crippen LogP contribution is -2.69. The van der Waals surface area contributed by atoms with Crippen molar-refractivity contribution in [2.24, 2.45) is 11.8 Å². The number of carbonyl (C=O) groups is 6. The van der Waals surface area contributed by atoms with Crippen LogP contribution in [0.5, 0.6) is 0 Å². The van der Waals surface area contributed by atoms with Gasteiger partial charge in [0.1, 0.15) is 13.2 Å². The van der Waals surface area contributed by atoms with Gasteiger partial charge in [0.2, 0.25) is 0 Å². The molecule has 272 valence electrons. The van der Waals surface area contributed by atoms with Gasteiger partial charge in [0.15, 0.2) is 0 Å². The molecule has 4 atom stereocenters. The molecule has 4 aliphatic heterocycles. The molecule has 2 amide bonds. The van der Waals surface area contributed by atoms with E-state index in [-0.39, 0.29) is 23.3 Å². The minimum absolute atomic E-state index is 0.00771. The molecular formula is C34H44N4O12. The summed E-state index contributed by atoms with van der Waals surface area (Å²) >= 11 is 0. The van der Waals surface area contributed by atoms with Crippen molar-refractivity contribution in [2.45, 2.75) is 51.0 Å². The van der Waals surface area contributed by atoms with Crippen LogP contribution in [0.25, 0.3) is 0 Å². The number of nitrogens with zero attached hydrogens (tertiary/aromatic N) is 2. The van der Waals surface area contributed by atoms with Crippen molar-refractivity contribution < 1.29 is 58.7 Å². The number of carboxylic acid groups (broad SMARTS) is 4. The van der Waals surface area contributed by atoms with Crippen LogP contribution in [0.4, 0.5) is 9.59 Å². The Morgan fingerprint density at radius 1 is 0.620 bits per heavy atom. The number of benzene rings is 2. The van der Waals surface area contributed by atoms with E-state index in [4.69, 9.17) is 49.1 Å². The van der Waals surface area contributed by atoms with Crippen LogP contribution in [-0.2, 0) is 41.9 Å². The average Bonchev–Trinajstić information content (AvgIpc) is 3.83. The molecule has 50 heavy (non-hydrogen) atoms. The number of hydrogen-bond donors (Lipinski definition) is 6. The van der Waals surface area contributed by atoms with Gasteiger partial charge in [-0.15, -0.1) is 0 Å². The summed E-state index contributed by atoms with van der Waals surface area (Å²) < 4.78 is 10.9. The Morgan fingerprint density at radius 3 is 1.18 bits per heavy atom. The number of carbonyl (C=O) groups excluding carboxylic acids is 2. The minimum Gasteiger partial charge on any atom is -0.473 e. The Morgan fingerprint density at radius 2 is 0.940 bits per heavy atom. The molecule has 4 fully saturated rings. The second-order valence-corrected chi connectivity index (χ2v) is 12.4. The molecular weight excluding hydrogens is 656 g/mol. The molecule has 0 saturated carbocycles. The average molecular weight is 701 g/mol. The summed E-state index contributed by atoms with van der Waals surface area (Å²) in [5.74, 6) is -6.17. The lowest BCUT2D eigenvalue weighted by atomic mass is 9.74. The number of nitrogens with one attached hydrogen (secondary N) is 2. The molecule has 4 heterocycles. The van der Waals surface area contributed by atoms with Crippen LogP contribution >= 0.6 is 0 Å².